The Morgan fingerprint density at radius 1 is 1.17 bits per heavy atom. The molecule has 0 spiro atoms. The van der Waals surface area contributed by atoms with Crippen LogP contribution in [0.3, 0.4) is 0 Å². The first kappa shape index (κ1) is 22.2. The topological polar surface area (TPSA) is 125 Å². The van der Waals surface area contributed by atoms with Crippen LogP contribution in [0.15, 0.2) is 24.3 Å². The molecule has 0 aliphatic carbocycles. The van der Waals surface area contributed by atoms with Gasteiger partial charge in [-0.2, -0.15) is 0 Å². The molecule has 158 valence electrons. The lowest BCUT2D eigenvalue weighted by Crippen LogP contribution is -2.45. The number of ether oxygens (including phenoxy) is 1. The van der Waals surface area contributed by atoms with E-state index in [-0.39, 0.29) is 23.9 Å². The molecule has 1 fully saturated rings. The van der Waals surface area contributed by atoms with Crippen LogP contribution in [0.5, 0.6) is 0 Å². The first-order valence-corrected chi connectivity index (χ1v) is 9.44. The highest BCUT2D eigenvalue weighted by atomic mass is 16.6. The van der Waals surface area contributed by atoms with Crippen LogP contribution in [0, 0.1) is 5.92 Å². The number of carboxylic acid groups (broad SMARTS) is 1. The maximum atomic E-state index is 12.6. The zero-order chi connectivity index (χ0) is 21.6. The quantitative estimate of drug-likeness (QED) is 0.689. The van der Waals surface area contributed by atoms with Crippen molar-refractivity contribution < 1.29 is 29.0 Å². The molecule has 1 aromatic rings. The van der Waals surface area contributed by atoms with E-state index in [4.69, 9.17) is 9.84 Å². The fourth-order valence-corrected chi connectivity index (χ4v) is 2.89. The maximum absolute atomic E-state index is 12.6. The molecular weight excluding hydrogens is 378 g/mol. The predicted molar refractivity (Wildman–Crippen MR) is 106 cm³/mol. The third kappa shape index (κ3) is 7.10. The highest BCUT2D eigenvalue weighted by Gasteiger charge is 2.31. The van der Waals surface area contributed by atoms with E-state index in [9.17, 15) is 19.2 Å². The third-order valence-electron chi connectivity index (χ3n) is 4.26. The van der Waals surface area contributed by atoms with E-state index >= 15 is 0 Å². The summed E-state index contributed by atoms with van der Waals surface area (Å²) in [5.74, 6) is -2.20. The Labute approximate surface area is 169 Å². The van der Waals surface area contributed by atoms with Crippen LogP contribution in [0.25, 0.3) is 0 Å². The molecule has 0 bridgehead atoms. The van der Waals surface area contributed by atoms with Crippen LogP contribution < -0.4 is 10.6 Å². The summed E-state index contributed by atoms with van der Waals surface area (Å²) in [6, 6.07) is 6.14. The number of likely N-dealkylation sites (tertiary alicyclic amines) is 1. The Morgan fingerprint density at radius 3 is 2.41 bits per heavy atom. The Hall–Kier alpha value is -3.10. The van der Waals surface area contributed by atoms with E-state index in [1.54, 1.807) is 37.8 Å². The van der Waals surface area contributed by atoms with E-state index < -0.39 is 30.1 Å². The number of anilines is 1. The van der Waals surface area contributed by atoms with Gasteiger partial charge in [0, 0.05) is 24.3 Å². The number of hydrogen-bond acceptors (Lipinski definition) is 5. The molecule has 2 rings (SSSR count). The standard InChI is InChI=1S/C20H27N3O6/c1-20(2,3)29-19(28)23-10-4-5-14(12-23)18(27)22-15-8-6-13(7-9-15)17(26)21-11-16(24)25/h6-9,14H,4-5,10-12H2,1-3H3,(H,21,26)(H,22,27)(H,24,25). The predicted octanol–water partition coefficient (Wildman–Crippen LogP) is 2.09. The average molecular weight is 405 g/mol. The van der Waals surface area contributed by atoms with Crippen molar-refractivity contribution in [2.45, 2.75) is 39.2 Å². The van der Waals surface area contributed by atoms with Crippen molar-refractivity contribution in [2.24, 2.45) is 5.92 Å². The second kappa shape index (κ2) is 9.40. The summed E-state index contributed by atoms with van der Waals surface area (Å²) >= 11 is 0. The monoisotopic (exact) mass is 405 g/mol. The molecule has 0 aromatic heterocycles. The van der Waals surface area contributed by atoms with Gasteiger partial charge in [-0.25, -0.2) is 4.79 Å². The van der Waals surface area contributed by atoms with Gasteiger partial charge in [-0.05, 0) is 57.9 Å². The molecule has 29 heavy (non-hydrogen) atoms. The SMILES string of the molecule is CC(C)(C)OC(=O)N1CCCC(C(=O)Nc2ccc(C(=O)NCC(=O)O)cc2)C1. The van der Waals surface area contributed by atoms with E-state index in [1.807, 2.05) is 0 Å². The van der Waals surface area contributed by atoms with Crippen LogP contribution in [0.2, 0.25) is 0 Å². The van der Waals surface area contributed by atoms with Crippen LogP contribution in [0.1, 0.15) is 44.0 Å². The van der Waals surface area contributed by atoms with Crippen LogP contribution >= 0.6 is 0 Å². The minimum Gasteiger partial charge on any atom is -0.480 e. The molecule has 1 saturated heterocycles. The molecule has 9 heteroatoms. The lowest BCUT2D eigenvalue weighted by molar-refractivity contribution is -0.135. The summed E-state index contributed by atoms with van der Waals surface area (Å²) in [4.78, 5) is 48.7. The molecule has 0 radical (unpaired) electrons. The fraction of sp³-hybridized carbons (Fsp3) is 0.500. The van der Waals surface area contributed by atoms with Gasteiger partial charge < -0.3 is 25.4 Å². The van der Waals surface area contributed by atoms with Crippen molar-refractivity contribution in [1.82, 2.24) is 10.2 Å². The first-order chi connectivity index (χ1) is 13.5. The molecular formula is C20H27N3O6. The van der Waals surface area contributed by atoms with Crippen LogP contribution in [0.4, 0.5) is 10.5 Å². The second-order valence-corrected chi connectivity index (χ2v) is 7.91. The molecule has 3 amide bonds. The lowest BCUT2D eigenvalue weighted by atomic mass is 9.97. The number of benzene rings is 1. The number of carbonyl (C=O) groups excluding carboxylic acids is 3. The number of piperidine rings is 1. The molecule has 0 saturated carbocycles. The van der Waals surface area contributed by atoms with Crippen LogP contribution in [-0.4, -0.2) is 59.1 Å². The number of nitrogens with zero attached hydrogens (tertiary/aromatic N) is 1. The number of rotatable bonds is 5. The molecule has 9 nitrogen and oxygen atoms in total. The van der Waals surface area contributed by atoms with Gasteiger partial charge in [0.1, 0.15) is 12.1 Å². The zero-order valence-corrected chi connectivity index (χ0v) is 16.9. The summed E-state index contributed by atoms with van der Waals surface area (Å²) in [5.41, 5.74) is 0.210. The van der Waals surface area contributed by atoms with Gasteiger partial charge in [0.25, 0.3) is 5.91 Å². The van der Waals surface area contributed by atoms with Crippen LogP contribution in [-0.2, 0) is 14.3 Å². The number of hydrogen-bond donors (Lipinski definition) is 3. The minimum atomic E-state index is -1.13. The number of carbonyl (C=O) groups is 4. The van der Waals surface area contributed by atoms with Gasteiger partial charge in [0.05, 0.1) is 5.92 Å². The summed E-state index contributed by atoms with van der Waals surface area (Å²) in [5, 5.41) is 13.6. The Bertz CT molecular complexity index is 769. The van der Waals surface area contributed by atoms with Gasteiger partial charge in [-0.15, -0.1) is 0 Å². The number of carboxylic acids is 1. The normalized spacial score (nSPS) is 16.7. The summed E-state index contributed by atoms with van der Waals surface area (Å²) < 4.78 is 5.37. The first-order valence-electron chi connectivity index (χ1n) is 9.44. The van der Waals surface area contributed by atoms with Crippen molar-refractivity contribution in [3.8, 4) is 0 Å². The lowest BCUT2D eigenvalue weighted by Gasteiger charge is -2.33. The van der Waals surface area contributed by atoms with E-state index in [0.29, 0.717) is 25.1 Å². The molecule has 1 aliphatic heterocycles. The Morgan fingerprint density at radius 2 is 1.83 bits per heavy atom. The van der Waals surface area contributed by atoms with Gasteiger partial charge >= 0.3 is 12.1 Å². The highest BCUT2D eigenvalue weighted by Crippen LogP contribution is 2.21. The summed E-state index contributed by atoms with van der Waals surface area (Å²) in [7, 11) is 0. The smallest absolute Gasteiger partial charge is 0.410 e. The van der Waals surface area contributed by atoms with Gasteiger partial charge in [-0.3, -0.25) is 14.4 Å². The Balaban J connectivity index is 1.91. The molecule has 3 N–H and O–H groups in total. The van der Waals surface area contributed by atoms with Crippen molar-refractivity contribution in [3.05, 3.63) is 29.8 Å². The molecule has 1 unspecified atom stereocenters. The Kier molecular flexibility index (Phi) is 7.19. The fourth-order valence-electron chi connectivity index (χ4n) is 2.89. The van der Waals surface area contributed by atoms with Crippen molar-refractivity contribution in [2.75, 3.05) is 25.0 Å². The van der Waals surface area contributed by atoms with Crippen molar-refractivity contribution in [1.29, 1.82) is 0 Å². The van der Waals surface area contributed by atoms with E-state index in [0.717, 1.165) is 0 Å². The largest absolute Gasteiger partial charge is 0.480 e. The van der Waals surface area contributed by atoms with Crippen molar-refractivity contribution >= 4 is 29.6 Å². The number of aliphatic carboxylic acids is 1. The summed E-state index contributed by atoms with van der Waals surface area (Å²) in [6.45, 7) is 5.77. The van der Waals surface area contributed by atoms with E-state index in [1.165, 1.54) is 12.1 Å². The van der Waals surface area contributed by atoms with Gasteiger partial charge in [0.15, 0.2) is 0 Å². The summed E-state index contributed by atoms with van der Waals surface area (Å²) in [6.07, 6.45) is 0.951. The molecule has 1 atom stereocenters. The number of amides is 3. The number of nitrogens with one attached hydrogen (secondary N) is 2. The third-order valence-corrected chi connectivity index (χ3v) is 4.26. The highest BCUT2D eigenvalue weighted by molar-refractivity contribution is 5.97. The van der Waals surface area contributed by atoms with Gasteiger partial charge in [0.2, 0.25) is 5.91 Å². The van der Waals surface area contributed by atoms with E-state index in [2.05, 4.69) is 10.6 Å². The minimum absolute atomic E-state index is 0.207. The maximum Gasteiger partial charge on any atom is 0.410 e. The molecule has 1 heterocycles. The van der Waals surface area contributed by atoms with Gasteiger partial charge in [-0.1, -0.05) is 0 Å². The average Bonchev–Trinajstić information content (AvgIpc) is 2.65. The zero-order valence-electron chi connectivity index (χ0n) is 16.9. The van der Waals surface area contributed by atoms with Crippen molar-refractivity contribution in [3.63, 3.8) is 0 Å². The molecule has 1 aromatic carbocycles. The molecule has 1 aliphatic rings. The second-order valence-electron chi connectivity index (χ2n) is 7.91.